The highest BCUT2D eigenvalue weighted by atomic mass is 35.5. The Morgan fingerprint density at radius 3 is 2.57 bits per heavy atom. The van der Waals surface area contributed by atoms with E-state index in [1.165, 1.54) is 0 Å². The summed E-state index contributed by atoms with van der Waals surface area (Å²) in [5.41, 5.74) is 4.55. The molecule has 0 atom stereocenters. The van der Waals surface area contributed by atoms with Crippen LogP contribution < -0.4 is 10.1 Å². The highest BCUT2D eigenvalue weighted by Gasteiger charge is 2.04. The fourth-order valence-electron chi connectivity index (χ4n) is 2.60. The molecule has 142 valence electrons. The maximum atomic E-state index is 12.0. The molecule has 0 heterocycles. The van der Waals surface area contributed by atoms with Gasteiger partial charge in [0, 0.05) is 16.9 Å². The zero-order valence-electron chi connectivity index (χ0n) is 15.8. The van der Waals surface area contributed by atoms with Gasteiger partial charge < -0.3 is 10.1 Å². The lowest BCUT2D eigenvalue weighted by Crippen LogP contribution is -2.20. The van der Waals surface area contributed by atoms with E-state index in [4.69, 9.17) is 16.3 Å². The molecule has 0 aliphatic carbocycles. The number of hydrogen-bond donors (Lipinski definition) is 1. The van der Waals surface area contributed by atoms with Gasteiger partial charge in [0.2, 0.25) is 0 Å². The molecule has 0 saturated carbocycles. The molecular weight excluding hydrogens is 372 g/mol. The highest BCUT2D eigenvalue weighted by Crippen LogP contribution is 2.25. The maximum Gasteiger partial charge on any atom is 0.262 e. The number of amides is 1. The van der Waals surface area contributed by atoms with E-state index < -0.39 is 0 Å². The molecule has 3 aromatic rings. The van der Waals surface area contributed by atoms with Crippen LogP contribution in [0, 0.1) is 13.8 Å². The van der Waals surface area contributed by atoms with Crippen molar-refractivity contribution in [2.24, 2.45) is 4.99 Å². The highest BCUT2D eigenvalue weighted by molar-refractivity contribution is 6.31. The zero-order valence-corrected chi connectivity index (χ0v) is 16.5. The van der Waals surface area contributed by atoms with E-state index in [-0.39, 0.29) is 12.5 Å². The number of carbonyl (C=O) groups excluding carboxylic acids is 1. The first kappa shape index (κ1) is 19.6. The van der Waals surface area contributed by atoms with Gasteiger partial charge in [-0.05, 0) is 79.1 Å². The van der Waals surface area contributed by atoms with Gasteiger partial charge in [-0.3, -0.25) is 9.79 Å². The summed E-state index contributed by atoms with van der Waals surface area (Å²) in [6, 6.07) is 20.7. The normalized spacial score (nSPS) is 10.8. The van der Waals surface area contributed by atoms with Gasteiger partial charge in [0.25, 0.3) is 5.91 Å². The molecule has 0 bridgehead atoms. The summed E-state index contributed by atoms with van der Waals surface area (Å²) >= 11 is 6.11. The molecule has 3 rings (SSSR count). The van der Waals surface area contributed by atoms with Gasteiger partial charge in [0.15, 0.2) is 6.61 Å². The van der Waals surface area contributed by atoms with Crippen LogP contribution in [0.3, 0.4) is 0 Å². The second-order valence-corrected chi connectivity index (χ2v) is 6.82. The quantitative estimate of drug-likeness (QED) is 0.545. The Morgan fingerprint density at radius 1 is 1.07 bits per heavy atom. The fraction of sp³-hybridized carbons (Fsp3) is 0.130. The van der Waals surface area contributed by atoms with Crippen LogP contribution in [0.15, 0.2) is 71.7 Å². The van der Waals surface area contributed by atoms with Crippen LogP contribution in [0.2, 0.25) is 5.02 Å². The van der Waals surface area contributed by atoms with Crippen molar-refractivity contribution in [1.29, 1.82) is 0 Å². The Hall–Kier alpha value is -3.11. The van der Waals surface area contributed by atoms with Crippen molar-refractivity contribution in [3.05, 3.63) is 88.4 Å². The van der Waals surface area contributed by atoms with Crippen LogP contribution in [0.5, 0.6) is 5.75 Å². The van der Waals surface area contributed by atoms with Crippen molar-refractivity contribution in [2.75, 3.05) is 11.9 Å². The van der Waals surface area contributed by atoms with E-state index >= 15 is 0 Å². The number of aryl methyl sites for hydroxylation is 1. The molecule has 0 aliphatic rings. The van der Waals surface area contributed by atoms with Crippen molar-refractivity contribution < 1.29 is 9.53 Å². The van der Waals surface area contributed by atoms with Crippen LogP contribution >= 0.6 is 11.6 Å². The molecule has 28 heavy (non-hydrogen) atoms. The van der Waals surface area contributed by atoms with Gasteiger partial charge in [-0.15, -0.1) is 0 Å². The lowest BCUT2D eigenvalue weighted by Gasteiger charge is -2.08. The van der Waals surface area contributed by atoms with Gasteiger partial charge in [-0.1, -0.05) is 29.8 Å². The lowest BCUT2D eigenvalue weighted by atomic mass is 10.2. The Balaban J connectivity index is 1.55. The topological polar surface area (TPSA) is 50.7 Å². The number of nitrogens with zero attached hydrogens (tertiary/aromatic N) is 1. The van der Waals surface area contributed by atoms with E-state index in [0.29, 0.717) is 10.8 Å². The summed E-state index contributed by atoms with van der Waals surface area (Å²) in [7, 11) is 0. The van der Waals surface area contributed by atoms with Crippen LogP contribution in [-0.2, 0) is 4.79 Å². The molecule has 4 nitrogen and oxygen atoms in total. The van der Waals surface area contributed by atoms with Crippen LogP contribution in [0.1, 0.15) is 16.7 Å². The fourth-order valence-corrected chi connectivity index (χ4v) is 2.77. The molecule has 0 saturated heterocycles. The summed E-state index contributed by atoms with van der Waals surface area (Å²) in [5.74, 6) is 0.420. The Bertz CT molecular complexity index is 998. The van der Waals surface area contributed by atoms with Crippen molar-refractivity contribution in [3.8, 4) is 5.75 Å². The molecule has 0 aliphatic heterocycles. The number of anilines is 1. The molecule has 0 fully saturated rings. The predicted molar refractivity (Wildman–Crippen MR) is 115 cm³/mol. The average Bonchev–Trinajstić information content (AvgIpc) is 2.68. The van der Waals surface area contributed by atoms with Gasteiger partial charge in [0.1, 0.15) is 5.75 Å². The predicted octanol–water partition coefficient (Wildman–Crippen LogP) is 5.72. The minimum atomic E-state index is -0.201. The second kappa shape index (κ2) is 9.20. The first-order chi connectivity index (χ1) is 13.5. The number of rotatable bonds is 6. The number of nitrogens with one attached hydrogen (secondary N) is 1. The Labute approximate surface area is 169 Å². The van der Waals surface area contributed by atoms with Crippen molar-refractivity contribution in [3.63, 3.8) is 0 Å². The van der Waals surface area contributed by atoms with Gasteiger partial charge >= 0.3 is 0 Å². The number of hydrogen-bond acceptors (Lipinski definition) is 3. The maximum absolute atomic E-state index is 12.0. The lowest BCUT2D eigenvalue weighted by molar-refractivity contribution is -0.118. The van der Waals surface area contributed by atoms with Crippen LogP contribution in [0.4, 0.5) is 11.4 Å². The SMILES string of the molecule is Cc1cccc(NC(=O)COc2ccc(C=Nc3cccc(Cl)c3C)cc2)c1. The molecule has 1 amide bonds. The number of carbonyl (C=O) groups is 1. The third-order valence-corrected chi connectivity index (χ3v) is 4.55. The summed E-state index contributed by atoms with van der Waals surface area (Å²) in [5, 5.41) is 3.51. The third-order valence-electron chi connectivity index (χ3n) is 4.14. The van der Waals surface area contributed by atoms with Gasteiger partial charge in [-0.2, -0.15) is 0 Å². The second-order valence-electron chi connectivity index (χ2n) is 6.42. The van der Waals surface area contributed by atoms with Crippen LogP contribution in [0.25, 0.3) is 0 Å². The molecule has 0 radical (unpaired) electrons. The molecule has 0 aromatic heterocycles. The van der Waals surface area contributed by atoms with E-state index in [0.717, 1.165) is 28.1 Å². The average molecular weight is 393 g/mol. The van der Waals surface area contributed by atoms with Gasteiger partial charge in [0.05, 0.1) is 5.69 Å². The number of ether oxygens (including phenoxy) is 1. The summed E-state index contributed by atoms with van der Waals surface area (Å²) in [6.45, 7) is 3.86. The first-order valence-electron chi connectivity index (χ1n) is 8.90. The van der Waals surface area contributed by atoms with Gasteiger partial charge in [-0.25, -0.2) is 0 Å². The monoisotopic (exact) mass is 392 g/mol. The van der Waals surface area contributed by atoms with E-state index in [2.05, 4.69) is 10.3 Å². The van der Waals surface area contributed by atoms with E-state index in [1.54, 1.807) is 6.21 Å². The van der Waals surface area contributed by atoms with Crippen LogP contribution in [-0.4, -0.2) is 18.7 Å². The minimum absolute atomic E-state index is 0.0525. The molecule has 1 N–H and O–H groups in total. The summed E-state index contributed by atoms with van der Waals surface area (Å²) in [6.07, 6.45) is 1.77. The summed E-state index contributed by atoms with van der Waals surface area (Å²) < 4.78 is 5.55. The number of halogens is 1. The molecular formula is C23H21ClN2O2. The van der Waals surface area contributed by atoms with Crippen molar-refractivity contribution in [1.82, 2.24) is 0 Å². The van der Waals surface area contributed by atoms with E-state index in [9.17, 15) is 4.79 Å². The number of benzene rings is 3. The summed E-state index contributed by atoms with van der Waals surface area (Å²) in [4.78, 5) is 16.5. The smallest absolute Gasteiger partial charge is 0.262 e. The Morgan fingerprint density at radius 2 is 1.82 bits per heavy atom. The standard InChI is InChI=1S/C23H21ClN2O2/c1-16-5-3-6-19(13-16)26-23(27)15-28-20-11-9-18(10-12-20)14-25-22-8-4-7-21(24)17(22)2/h3-14H,15H2,1-2H3,(H,26,27). The van der Waals surface area contributed by atoms with Crippen molar-refractivity contribution >= 4 is 35.1 Å². The molecule has 0 unspecified atom stereocenters. The molecule has 3 aromatic carbocycles. The minimum Gasteiger partial charge on any atom is -0.484 e. The van der Waals surface area contributed by atoms with E-state index in [1.807, 2.05) is 80.6 Å². The largest absolute Gasteiger partial charge is 0.484 e. The first-order valence-corrected chi connectivity index (χ1v) is 9.27. The molecule has 0 spiro atoms. The van der Waals surface area contributed by atoms with Crippen molar-refractivity contribution in [2.45, 2.75) is 13.8 Å². The Kier molecular flexibility index (Phi) is 6.45. The number of aliphatic imine (C=N–C) groups is 1. The zero-order chi connectivity index (χ0) is 19.9. The molecule has 5 heteroatoms. The third kappa shape index (κ3) is 5.44.